The zero-order chi connectivity index (χ0) is 13.7. The minimum Gasteiger partial charge on any atom is -0.379 e. The third-order valence-electron chi connectivity index (χ3n) is 2.40. The van der Waals surface area contributed by atoms with E-state index in [4.69, 9.17) is 4.84 Å². The van der Waals surface area contributed by atoms with Crippen molar-refractivity contribution in [3.63, 3.8) is 0 Å². The fourth-order valence-electron chi connectivity index (χ4n) is 1.42. The van der Waals surface area contributed by atoms with Crippen molar-refractivity contribution in [2.45, 2.75) is 0 Å². The van der Waals surface area contributed by atoms with E-state index in [0.717, 1.165) is 0 Å². The van der Waals surface area contributed by atoms with Gasteiger partial charge in [-0.3, -0.25) is 9.59 Å². The molecule has 2 rings (SSSR count). The molecule has 1 N–H and O–H groups in total. The van der Waals surface area contributed by atoms with Gasteiger partial charge in [-0.15, -0.1) is 0 Å². The highest BCUT2D eigenvalue weighted by Crippen LogP contribution is 2.11. The van der Waals surface area contributed by atoms with Crippen LogP contribution in [0.25, 0.3) is 0 Å². The van der Waals surface area contributed by atoms with Crippen molar-refractivity contribution >= 4 is 12.2 Å². The number of benzene rings is 2. The highest BCUT2D eigenvalue weighted by molar-refractivity contribution is 5.93. The van der Waals surface area contributed by atoms with Crippen molar-refractivity contribution in [3.8, 4) is 5.75 Å². The van der Waals surface area contributed by atoms with Gasteiger partial charge in [0.05, 0.1) is 5.56 Å². The zero-order valence-electron chi connectivity index (χ0n) is 9.80. The molecule has 0 aliphatic rings. The maximum atomic E-state index is 13.3. The summed E-state index contributed by atoms with van der Waals surface area (Å²) in [5, 5.41) is 0. The van der Waals surface area contributed by atoms with Crippen molar-refractivity contribution in [2.24, 2.45) is 0 Å². The molecule has 0 unspecified atom stereocenters. The van der Waals surface area contributed by atoms with Gasteiger partial charge in [0.1, 0.15) is 12.1 Å². The zero-order valence-corrected chi connectivity index (χ0v) is 9.80. The minimum atomic E-state index is -0.683. The summed E-state index contributed by atoms with van der Waals surface area (Å²) in [7, 11) is 0. The molecule has 19 heavy (non-hydrogen) atoms. The Kier molecular flexibility index (Phi) is 3.87. The predicted octanol–water partition coefficient (Wildman–Crippen LogP) is 2.36. The van der Waals surface area contributed by atoms with Gasteiger partial charge in [-0.25, -0.2) is 4.39 Å². The molecule has 1 amide bonds. The molecule has 2 aromatic carbocycles. The Bertz CT molecular complexity index is 596. The second-order valence-electron chi connectivity index (χ2n) is 3.70. The molecule has 0 fully saturated rings. The first-order valence-electron chi connectivity index (χ1n) is 5.47. The summed E-state index contributed by atoms with van der Waals surface area (Å²) in [6.07, 6.45) is 0.696. The largest absolute Gasteiger partial charge is 0.379 e. The fourth-order valence-corrected chi connectivity index (χ4v) is 1.42. The van der Waals surface area contributed by atoms with Crippen molar-refractivity contribution in [1.82, 2.24) is 5.48 Å². The van der Waals surface area contributed by atoms with E-state index in [1.165, 1.54) is 42.5 Å². The van der Waals surface area contributed by atoms with E-state index >= 15 is 0 Å². The molecule has 0 heterocycles. The standard InChI is InChI=1S/C14H10FNO3/c15-13-4-2-1-3-12(13)14(18)16-19-11-7-5-10(9-17)6-8-11/h1-9H,(H,16,18). The number of rotatable bonds is 4. The van der Waals surface area contributed by atoms with Gasteiger partial charge in [-0.2, -0.15) is 5.48 Å². The van der Waals surface area contributed by atoms with Crippen LogP contribution in [0.1, 0.15) is 20.7 Å². The molecule has 0 spiro atoms. The second-order valence-corrected chi connectivity index (χ2v) is 3.70. The molecule has 0 aliphatic heterocycles. The molecule has 96 valence electrons. The minimum absolute atomic E-state index is 0.105. The average molecular weight is 259 g/mol. The molecule has 2 aromatic rings. The van der Waals surface area contributed by atoms with Gasteiger partial charge in [-0.1, -0.05) is 12.1 Å². The van der Waals surface area contributed by atoms with Crippen LogP contribution < -0.4 is 10.3 Å². The summed E-state index contributed by atoms with van der Waals surface area (Å²) in [6.45, 7) is 0. The molecular weight excluding hydrogens is 249 g/mol. The van der Waals surface area contributed by atoms with Gasteiger partial charge in [-0.05, 0) is 36.4 Å². The Hall–Kier alpha value is -2.69. The number of hydrogen-bond acceptors (Lipinski definition) is 3. The van der Waals surface area contributed by atoms with E-state index in [2.05, 4.69) is 5.48 Å². The lowest BCUT2D eigenvalue weighted by atomic mass is 10.2. The Morgan fingerprint density at radius 3 is 2.42 bits per heavy atom. The molecule has 0 saturated carbocycles. The lowest BCUT2D eigenvalue weighted by molar-refractivity contribution is 0.0755. The SMILES string of the molecule is O=Cc1ccc(ONC(=O)c2ccccc2F)cc1. The number of carbonyl (C=O) groups excluding carboxylic acids is 2. The molecule has 0 atom stereocenters. The van der Waals surface area contributed by atoms with Crippen LogP contribution in [-0.4, -0.2) is 12.2 Å². The van der Waals surface area contributed by atoms with Gasteiger partial charge in [0, 0.05) is 5.56 Å². The first-order valence-corrected chi connectivity index (χ1v) is 5.47. The van der Waals surface area contributed by atoms with Gasteiger partial charge < -0.3 is 4.84 Å². The average Bonchev–Trinajstić information content (AvgIpc) is 2.46. The first kappa shape index (κ1) is 12.8. The van der Waals surface area contributed by atoms with E-state index in [1.54, 1.807) is 6.07 Å². The Balaban J connectivity index is 2.00. The molecule has 0 radical (unpaired) electrons. The number of halogens is 1. The van der Waals surface area contributed by atoms with E-state index in [9.17, 15) is 14.0 Å². The Labute approximate surface area is 108 Å². The van der Waals surface area contributed by atoms with E-state index in [-0.39, 0.29) is 5.56 Å². The van der Waals surface area contributed by atoms with Crippen LogP contribution in [0.4, 0.5) is 4.39 Å². The van der Waals surface area contributed by atoms with Crippen molar-refractivity contribution in [1.29, 1.82) is 0 Å². The van der Waals surface area contributed by atoms with Crippen molar-refractivity contribution < 1.29 is 18.8 Å². The summed E-state index contributed by atoms with van der Waals surface area (Å²) in [6, 6.07) is 11.7. The second kappa shape index (κ2) is 5.77. The smallest absolute Gasteiger partial charge is 0.286 e. The van der Waals surface area contributed by atoms with Crippen LogP contribution in [0.3, 0.4) is 0 Å². The Morgan fingerprint density at radius 1 is 1.11 bits per heavy atom. The van der Waals surface area contributed by atoms with E-state index < -0.39 is 11.7 Å². The fraction of sp³-hybridized carbons (Fsp3) is 0. The molecular formula is C14H10FNO3. The topological polar surface area (TPSA) is 55.4 Å². The number of nitrogens with one attached hydrogen (secondary N) is 1. The van der Waals surface area contributed by atoms with Crippen LogP contribution in [0.2, 0.25) is 0 Å². The summed E-state index contributed by atoms with van der Waals surface area (Å²) in [5.74, 6) is -0.965. The molecule has 0 bridgehead atoms. The number of hydrogen-bond donors (Lipinski definition) is 1. The monoisotopic (exact) mass is 259 g/mol. The van der Waals surface area contributed by atoms with Gasteiger partial charge >= 0.3 is 0 Å². The van der Waals surface area contributed by atoms with Crippen molar-refractivity contribution in [2.75, 3.05) is 0 Å². The quantitative estimate of drug-likeness (QED) is 0.677. The number of aldehydes is 1. The van der Waals surface area contributed by atoms with Crippen LogP contribution in [0.5, 0.6) is 5.75 Å². The van der Waals surface area contributed by atoms with E-state index in [0.29, 0.717) is 17.6 Å². The number of carbonyl (C=O) groups is 2. The maximum absolute atomic E-state index is 13.3. The van der Waals surface area contributed by atoms with Gasteiger partial charge in [0.25, 0.3) is 5.91 Å². The molecule has 0 aliphatic carbocycles. The third-order valence-corrected chi connectivity index (χ3v) is 2.40. The lowest BCUT2D eigenvalue weighted by Crippen LogP contribution is -2.27. The van der Waals surface area contributed by atoms with Gasteiger partial charge in [0.2, 0.25) is 0 Å². The summed E-state index contributed by atoms with van der Waals surface area (Å²) in [5.41, 5.74) is 2.51. The normalized spacial score (nSPS) is 9.74. The van der Waals surface area contributed by atoms with Crippen LogP contribution in [0.15, 0.2) is 48.5 Å². The van der Waals surface area contributed by atoms with Gasteiger partial charge in [0.15, 0.2) is 5.75 Å². The highest BCUT2D eigenvalue weighted by atomic mass is 19.1. The van der Waals surface area contributed by atoms with Crippen LogP contribution in [0, 0.1) is 5.82 Å². The summed E-state index contributed by atoms with van der Waals surface area (Å²) < 4.78 is 13.3. The first-order chi connectivity index (χ1) is 9.20. The van der Waals surface area contributed by atoms with Crippen molar-refractivity contribution in [3.05, 3.63) is 65.5 Å². The Morgan fingerprint density at radius 2 is 1.79 bits per heavy atom. The summed E-state index contributed by atoms with van der Waals surface area (Å²) in [4.78, 5) is 27.1. The highest BCUT2D eigenvalue weighted by Gasteiger charge is 2.10. The molecule has 0 saturated heterocycles. The maximum Gasteiger partial charge on any atom is 0.286 e. The molecule has 5 heteroatoms. The number of hydroxylamine groups is 1. The molecule has 4 nitrogen and oxygen atoms in total. The lowest BCUT2D eigenvalue weighted by Gasteiger charge is -2.07. The van der Waals surface area contributed by atoms with E-state index in [1.807, 2.05) is 0 Å². The molecule has 0 aromatic heterocycles. The predicted molar refractivity (Wildman–Crippen MR) is 66.3 cm³/mol. The number of amides is 1. The summed E-state index contributed by atoms with van der Waals surface area (Å²) >= 11 is 0. The van der Waals surface area contributed by atoms with Crippen LogP contribution >= 0.6 is 0 Å². The third kappa shape index (κ3) is 3.16. The van der Waals surface area contributed by atoms with Crippen LogP contribution in [-0.2, 0) is 0 Å².